The SMILES string of the molecule is C=C(C)[C@@H]1CC[C@]2(NCCNC[C@@H]3C4CC4CN3Cc3ccccc3)CC[C@]3(C)[C@H](CC[C@@H]4[C@@]5(C)CC=C(c6ccc(C(=O)O)cc6)C(C)(C)[C@@H]5CC[C@]43C)[C@@H]12. The van der Waals surface area contributed by atoms with Crippen molar-refractivity contribution >= 4 is 11.5 Å². The van der Waals surface area contributed by atoms with Crippen LogP contribution < -0.4 is 10.6 Å². The predicted molar refractivity (Wildman–Crippen MR) is 229 cm³/mol. The van der Waals surface area contributed by atoms with E-state index in [4.69, 9.17) is 0 Å². The smallest absolute Gasteiger partial charge is 0.335 e. The molecular formula is C51H71N3O2. The van der Waals surface area contributed by atoms with Crippen molar-refractivity contribution in [3.8, 4) is 0 Å². The molecule has 2 aromatic rings. The van der Waals surface area contributed by atoms with Crippen molar-refractivity contribution in [2.45, 2.75) is 124 Å². The molecule has 302 valence electrons. The lowest BCUT2D eigenvalue weighted by molar-refractivity contribution is -0.219. The maximum Gasteiger partial charge on any atom is 0.335 e. The van der Waals surface area contributed by atoms with E-state index in [1.54, 1.807) is 12.1 Å². The Morgan fingerprint density at radius 2 is 1.64 bits per heavy atom. The summed E-state index contributed by atoms with van der Waals surface area (Å²) in [5.74, 6) is 4.31. The molecule has 5 heteroatoms. The number of benzene rings is 2. The van der Waals surface area contributed by atoms with Gasteiger partial charge in [0.05, 0.1) is 5.56 Å². The van der Waals surface area contributed by atoms with Gasteiger partial charge >= 0.3 is 5.97 Å². The minimum Gasteiger partial charge on any atom is -0.478 e. The van der Waals surface area contributed by atoms with E-state index in [2.05, 4.69) is 112 Å². The number of nitrogens with zero attached hydrogens (tertiary/aromatic N) is 1. The highest BCUT2D eigenvalue weighted by Gasteiger charge is 2.70. The summed E-state index contributed by atoms with van der Waals surface area (Å²) in [4.78, 5) is 14.4. The molecule has 7 aliphatic rings. The van der Waals surface area contributed by atoms with Gasteiger partial charge in [0.25, 0.3) is 0 Å². The summed E-state index contributed by atoms with van der Waals surface area (Å²) >= 11 is 0. The van der Waals surface area contributed by atoms with E-state index in [-0.39, 0.29) is 16.4 Å². The number of hydrogen-bond acceptors (Lipinski definition) is 4. The van der Waals surface area contributed by atoms with Crippen LogP contribution >= 0.6 is 0 Å². The van der Waals surface area contributed by atoms with Gasteiger partial charge in [0.1, 0.15) is 0 Å². The van der Waals surface area contributed by atoms with Crippen LogP contribution in [-0.4, -0.2) is 53.7 Å². The number of allylic oxidation sites excluding steroid dienone is 3. The van der Waals surface area contributed by atoms with Crippen molar-refractivity contribution in [1.29, 1.82) is 0 Å². The Kier molecular flexibility index (Phi) is 9.65. The number of rotatable bonds is 11. The van der Waals surface area contributed by atoms with Crippen LogP contribution in [0.25, 0.3) is 5.57 Å². The zero-order chi connectivity index (χ0) is 39.3. The number of carboxylic acids is 1. The first-order chi connectivity index (χ1) is 26.7. The number of hydrogen-bond donors (Lipinski definition) is 3. The fourth-order valence-corrected chi connectivity index (χ4v) is 15.9. The molecule has 1 saturated heterocycles. The topological polar surface area (TPSA) is 64.6 Å². The van der Waals surface area contributed by atoms with Gasteiger partial charge in [-0.2, -0.15) is 0 Å². The molecule has 3 N–H and O–H groups in total. The van der Waals surface area contributed by atoms with Gasteiger partial charge in [-0.25, -0.2) is 4.79 Å². The fraction of sp³-hybridized carbons (Fsp3) is 0.667. The van der Waals surface area contributed by atoms with Crippen molar-refractivity contribution < 1.29 is 9.90 Å². The largest absolute Gasteiger partial charge is 0.478 e. The van der Waals surface area contributed by atoms with Crippen LogP contribution in [0.2, 0.25) is 0 Å². The van der Waals surface area contributed by atoms with Crippen LogP contribution in [-0.2, 0) is 6.54 Å². The van der Waals surface area contributed by atoms with Gasteiger partial charge in [-0.1, -0.05) is 95.3 Å². The Morgan fingerprint density at radius 1 is 0.875 bits per heavy atom. The zero-order valence-corrected chi connectivity index (χ0v) is 35.5. The third-order valence-corrected chi connectivity index (χ3v) is 18.9. The van der Waals surface area contributed by atoms with E-state index in [1.807, 2.05) is 0 Å². The second-order valence-corrected chi connectivity index (χ2v) is 21.5. The molecule has 6 aliphatic carbocycles. The molecule has 12 atom stereocenters. The first kappa shape index (κ1) is 38.8. The van der Waals surface area contributed by atoms with Gasteiger partial charge in [0.2, 0.25) is 0 Å². The molecule has 0 amide bonds. The number of piperidine rings is 1. The molecule has 0 aromatic heterocycles. The summed E-state index contributed by atoms with van der Waals surface area (Å²) in [6.07, 6.45) is 15.7. The molecule has 2 unspecified atom stereocenters. The molecule has 9 rings (SSSR count). The molecular weight excluding hydrogens is 687 g/mol. The summed E-state index contributed by atoms with van der Waals surface area (Å²) in [6, 6.07) is 19.4. The van der Waals surface area contributed by atoms with Crippen LogP contribution in [0, 0.1) is 63.1 Å². The van der Waals surface area contributed by atoms with Crippen LogP contribution in [0.4, 0.5) is 0 Å². The van der Waals surface area contributed by atoms with E-state index in [0.29, 0.717) is 46.1 Å². The molecule has 1 heterocycles. The Hall–Kier alpha value is -2.73. The highest BCUT2D eigenvalue weighted by molar-refractivity contribution is 5.88. The van der Waals surface area contributed by atoms with Crippen LogP contribution in [0.5, 0.6) is 0 Å². The maximum absolute atomic E-state index is 11.6. The molecule has 6 fully saturated rings. The lowest BCUT2D eigenvalue weighted by Crippen LogP contribution is -2.68. The number of likely N-dealkylation sites (tertiary alicyclic amines) is 1. The molecule has 0 bridgehead atoms. The van der Waals surface area contributed by atoms with Gasteiger partial charge < -0.3 is 15.7 Å². The Labute approximate surface area is 338 Å². The van der Waals surface area contributed by atoms with Gasteiger partial charge in [0, 0.05) is 44.3 Å². The van der Waals surface area contributed by atoms with Gasteiger partial charge in [-0.15, -0.1) is 0 Å². The molecule has 0 spiro atoms. The van der Waals surface area contributed by atoms with Crippen molar-refractivity contribution in [2.24, 2.45) is 63.1 Å². The Morgan fingerprint density at radius 3 is 2.38 bits per heavy atom. The van der Waals surface area contributed by atoms with E-state index >= 15 is 0 Å². The van der Waals surface area contributed by atoms with Crippen molar-refractivity contribution in [2.75, 3.05) is 26.2 Å². The van der Waals surface area contributed by atoms with Crippen molar-refractivity contribution in [3.05, 3.63) is 89.5 Å². The van der Waals surface area contributed by atoms with Gasteiger partial charge in [-0.3, -0.25) is 4.90 Å². The third kappa shape index (κ3) is 5.97. The number of fused-ring (bicyclic) bond motifs is 8. The minimum absolute atomic E-state index is 0.0330. The molecule has 2 aromatic carbocycles. The Bertz CT molecular complexity index is 1850. The number of carboxylic acid groups (broad SMARTS) is 1. The maximum atomic E-state index is 11.6. The van der Waals surface area contributed by atoms with E-state index in [0.717, 1.165) is 50.4 Å². The second kappa shape index (κ2) is 13.9. The summed E-state index contributed by atoms with van der Waals surface area (Å²) < 4.78 is 0. The molecule has 5 nitrogen and oxygen atoms in total. The first-order valence-electron chi connectivity index (χ1n) is 22.7. The second-order valence-electron chi connectivity index (χ2n) is 21.5. The highest BCUT2D eigenvalue weighted by atomic mass is 16.4. The standard InChI is InChI=1S/C51H71N3O2/c1-33(2)38-19-24-51(53-28-27-52-30-42-39-29-37(39)32-54(42)31-34-11-9-8-10-12-34)26-25-49(6)41(45(38)51)17-18-44-48(5)22-20-40(35-13-15-36(16-14-35)46(55)56)47(3,4)43(48)21-23-50(44,49)7/h8-16,20,37-39,41-45,52-53H,1,17-19,21-32H2,2-7H3,(H,55,56)/t37?,38-,39?,41+,42+,43-,44+,45+,48-,49+,50+,51-/m0/s1. The number of nitrogens with one attached hydrogen (secondary N) is 2. The predicted octanol–water partition coefficient (Wildman–Crippen LogP) is 10.5. The molecule has 0 radical (unpaired) electrons. The molecule has 5 saturated carbocycles. The first-order valence-corrected chi connectivity index (χ1v) is 22.7. The summed E-state index contributed by atoms with van der Waals surface area (Å²) in [6.45, 7) is 25.8. The summed E-state index contributed by atoms with van der Waals surface area (Å²) in [5.41, 5.74) is 7.01. The van der Waals surface area contributed by atoms with Crippen molar-refractivity contribution in [1.82, 2.24) is 15.5 Å². The normalized spacial score (nSPS) is 42.1. The summed E-state index contributed by atoms with van der Waals surface area (Å²) in [5, 5.41) is 17.9. The monoisotopic (exact) mass is 758 g/mol. The highest BCUT2D eigenvalue weighted by Crippen LogP contribution is 2.76. The number of carbonyl (C=O) groups is 1. The van der Waals surface area contributed by atoms with Crippen LogP contribution in [0.3, 0.4) is 0 Å². The lowest BCUT2D eigenvalue weighted by atomic mass is 9.33. The molecule has 56 heavy (non-hydrogen) atoms. The third-order valence-electron chi connectivity index (χ3n) is 18.9. The zero-order valence-electron chi connectivity index (χ0n) is 35.5. The summed E-state index contributed by atoms with van der Waals surface area (Å²) in [7, 11) is 0. The van der Waals surface area contributed by atoms with Crippen molar-refractivity contribution in [3.63, 3.8) is 0 Å². The average Bonchev–Trinajstić information content (AvgIpc) is 3.69. The molecule has 1 aliphatic heterocycles. The van der Waals surface area contributed by atoms with Gasteiger partial charge in [-0.05, 0) is 163 Å². The van der Waals surface area contributed by atoms with E-state index in [9.17, 15) is 9.90 Å². The number of aromatic carboxylic acids is 1. The van der Waals surface area contributed by atoms with E-state index < -0.39 is 5.97 Å². The fourth-order valence-electron chi connectivity index (χ4n) is 15.9. The van der Waals surface area contributed by atoms with Crippen LogP contribution in [0.15, 0.2) is 72.8 Å². The lowest BCUT2D eigenvalue weighted by Gasteiger charge is -2.72. The quantitative estimate of drug-likeness (QED) is 0.157. The van der Waals surface area contributed by atoms with Gasteiger partial charge in [0.15, 0.2) is 0 Å². The van der Waals surface area contributed by atoms with Crippen LogP contribution in [0.1, 0.15) is 127 Å². The van der Waals surface area contributed by atoms with E-state index in [1.165, 1.54) is 86.6 Å². The minimum atomic E-state index is -0.853. The Balaban J connectivity index is 0.901. The average molecular weight is 758 g/mol.